The van der Waals surface area contributed by atoms with E-state index in [9.17, 15) is 14.4 Å². The molecule has 1 aliphatic heterocycles. The lowest BCUT2D eigenvalue weighted by atomic mass is 10.1. The summed E-state index contributed by atoms with van der Waals surface area (Å²) in [5, 5.41) is 2.58. The van der Waals surface area contributed by atoms with E-state index >= 15 is 0 Å². The van der Waals surface area contributed by atoms with Crippen LogP contribution in [0, 0.1) is 0 Å². The number of nitrogens with zero attached hydrogens (tertiary/aromatic N) is 2. The Kier molecular flexibility index (Phi) is 4.90. The van der Waals surface area contributed by atoms with Crippen molar-refractivity contribution in [2.45, 2.75) is 13.1 Å². The standard InChI is InChI=1S/C17H15N3O3S/c21-15-11-24-17(23)20(15)10-12-3-1-5-14(7-12)16(22)19-9-13-4-2-6-18-8-13/h1-8H,9-11H2,(H,19,22). The van der Waals surface area contributed by atoms with Crippen LogP contribution in [-0.4, -0.2) is 32.7 Å². The molecule has 2 aromatic rings. The van der Waals surface area contributed by atoms with Crippen molar-refractivity contribution in [1.29, 1.82) is 0 Å². The fourth-order valence-corrected chi connectivity index (χ4v) is 3.04. The van der Waals surface area contributed by atoms with Gasteiger partial charge in [-0.25, -0.2) is 0 Å². The van der Waals surface area contributed by atoms with E-state index in [0.29, 0.717) is 12.1 Å². The van der Waals surface area contributed by atoms with Crippen LogP contribution >= 0.6 is 11.8 Å². The summed E-state index contributed by atoms with van der Waals surface area (Å²) in [5.74, 6) is -0.227. The first kappa shape index (κ1) is 16.2. The number of rotatable bonds is 5. The molecule has 0 unspecified atom stereocenters. The number of thioether (sulfide) groups is 1. The minimum Gasteiger partial charge on any atom is -0.348 e. The van der Waals surface area contributed by atoms with Gasteiger partial charge in [-0.05, 0) is 29.3 Å². The van der Waals surface area contributed by atoms with Gasteiger partial charge >= 0.3 is 0 Å². The molecule has 1 N–H and O–H groups in total. The van der Waals surface area contributed by atoms with E-state index in [1.165, 1.54) is 4.90 Å². The van der Waals surface area contributed by atoms with Crippen molar-refractivity contribution in [3.05, 3.63) is 65.5 Å². The number of hydrogen-bond acceptors (Lipinski definition) is 5. The third kappa shape index (κ3) is 3.80. The summed E-state index contributed by atoms with van der Waals surface area (Å²) in [7, 11) is 0. The molecule has 0 spiro atoms. The van der Waals surface area contributed by atoms with Crippen LogP contribution in [-0.2, 0) is 17.9 Å². The van der Waals surface area contributed by atoms with Crippen LogP contribution in [0.3, 0.4) is 0 Å². The zero-order valence-corrected chi connectivity index (χ0v) is 13.6. The molecule has 1 aromatic carbocycles. The summed E-state index contributed by atoms with van der Waals surface area (Å²) >= 11 is 1.00. The monoisotopic (exact) mass is 341 g/mol. The summed E-state index contributed by atoms with van der Waals surface area (Å²) in [6.07, 6.45) is 3.37. The van der Waals surface area contributed by atoms with E-state index in [4.69, 9.17) is 0 Å². The number of carbonyl (C=O) groups is 3. The molecule has 0 radical (unpaired) electrons. The van der Waals surface area contributed by atoms with Crippen molar-refractivity contribution < 1.29 is 14.4 Å². The molecule has 122 valence electrons. The number of aromatic nitrogens is 1. The van der Waals surface area contributed by atoms with E-state index in [0.717, 1.165) is 22.9 Å². The van der Waals surface area contributed by atoms with Gasteiger partial charge in [-0.2, -0.15) is 0 Å². The second-order valence-corrected chi connectivity index (χ2v) is 6.21. The third-order valence-electron chi connectivity index (χ3n) is 3.55. The average Bonchev–Trinajstić information content (AvgIpc) is 2.93. The Morgan fingerprint density at radius 3 is 2.75 bits per heavy atom. The molecule has 0 bridgehead atoms. The van der Waals surface area contributed by atoms with Gasteiger partial charge in [0, 0.05) is 24.5 Å². The molecular formula is C17H15N3O3S. The number of carbonyl (C=O) groups excluding carboxylic acids is 3. The Labute approximate surface area is 143 Å². The normalized spacial score (nSPS) is 14.1. The molecule has 6 nitrogen and oxygen atoms in total. The zero-order valence-electron chi connectivity index (χ0n) is 12.8. The highest BCUT2D eigenvalue weighted by Gasteiger charge is 2.29. The largest absolute Gasteiger partial charge is 0.348 e. The predicted octanol–water partition coefficient (Wildman–Crippen LogP) is 2.21. The maximum atomic E-state index is 12.3. The summed E-state index contributed by atoms with van der Waals surface area (Å²) in [6, 6.07) is 10.6. The number of nitrogens with one attached hydrogen (secondary N) is 1. The highest BCUT2D eigenvalue weighted by molar-refractivity contribution is 8.14. The van der Waals surface area contributed by atoms with Gasteiger partial charge in [0.2, 0.25) is 5.91 Å². The highest BCUT2D eigenvalue weighted by Crippen LogP contribution is 2.21. The van der Waals surface area contributed by atoms with Crippen molar-refractivity contribution in [2.75, 3.05) is 5.75 Å². The van der Waals surface area contributed by atoms with Crippen LogP contribution in [0.4, 0.5) is 4.79 Å². The fraction of sp³-hybridized carbons (Fsp3) is 0.176. The number of benzene rings is 1. The van der Waals surface area contributed by atoms with E-state index in [1.54, 1.807) is 36.7 Å². The Bertz CT molecular complexity index is 764. The maximum absolute atomic E-state index is 12.3. The molecular weight excluding hydrogens is 326 g/mol. The maximum Gasteiger partial charge on any atom is 0.289 e. The molecule has 3 amide bonds. The first-order valence-electron chi connectivity index (χ1n) is 7.36. The van der Waals surface area contributed by atoms with Crippen LogP contribution < -0.4 is 5.32 Å². The Hall–Kier alpha value is -2.67. The fourth-order valence-electron chi connectivity index (χ4n) is 2.31. The Morgan fingerprint density at radius 2 is 2.04 bits per heavy atom. The zero-order chi connectivity index (χ0) is 16.9. The second-order valence-electron chi connectivity index (χ2n) is 5.28. The minimum atomic E-state index is -0.244. The molecule has 1 aliphatic rings. The molecule has 0 atom stereocenters. The first-order chi connectivity index (χ1) is 11.6. The lowest BCUT2D eigenvalue weighted by Crippen LogP contribution is -2.28. The molecule has 7 heteroatoms. The van der Waals surface area contributed by atoms with E-state index in [2.05, 4.69) is 10.3 Å². The number of amides is 3. The summed E-state index contributed by atoms with van der Waals surface area (Å²) in [6.45, 7) is 0.574. The molecule has 3 rings (SSSR count). The van der Waals surface area contributed by atoms with Gasteiger partial charge < -0.3 is 5.32 Å². The average molecular weight is 341 g/mol. The topological polar surface area (TPSA) is 79.4 Å². The number of hydrogen-bond donors (Lipinski definition) is 1. The second kappa shape index (κ2) is 7.27. The van der Waals surface area contributed by atoms with Gasteiger partial charge in [-0.15, -0.1) is 0 Å². The van der Waals surface area contributed by atoms with Crippen molar-refractivity contribution >= 4 is 28.8 Å². The van der Waals surface area contributed by atoms with Gasteiger partial charge in [0.25, 0.3) is 11.1 Å². The molecule has 1 fully saturated rings. The van der Waals surface area contributed by atoms with Crippen LogP contribution in [0.15, 0.2) is 48.8 Å². The van der Waals surface area contributed by atoms with Gasteiger partial charge in [-0.3, -0.25) is 24.3 Å². The lowest BCUT2D eigenvalue weighted by molar-refractivity contribution is -0.125. The molecule has 0 aliphatic carbocycles. The van der Waals surface area contributed by atoms with Crippen molar-refractivity contribution in [2.24, 2.45) is 0 Å². The summed E-state index contributed by atoms with van der Waals surface area (Å²) < 4.78 is 0. The van der Waals surface area contributed by atoms with Gasteiger partial charge in [0.15, 0.2) is 0 Å². The Balaban J connectivity index is 1.65. The van der Waals surface area contributed by atoms with Crippen LogP contribution in [0.2, 0.25) is 0 Å². The first-order valence-corrected chi connectivity index (χ1v) is 8.35. The highest BCUT2D eigenvalue weighted by atomic mass is 32.2. The van der Waals surface area contributed by atoms with Gasteiger partial charge in [0.1, 0.15) is 0 Å². The third-order valence-corrected chi connectivity index (χ3v) is 4.40. The lowest BCUT2D eigenvalue weighted by Gasteiger charge is -2.13. The van der Waals surface area contributed by atoms with Crippen LogP contribution in [0.25, 0.3) is 0 Å². The summed E-state index contributed by atoms with van der Waals surface area (Å²) in [4.78, 5) is 40.8. The summed E-state index contributed by atoms with van der Waals surface area (Å²) in [5.41, 5.74) is 2.14. The predicted molar refractivity (Wildman–Crippen MR) is 90.3 cm³/mol. The number of imide groups is 1. The van der Waals surface area contributed by atoms with E-state index in [1.807, 2.05) is 12.1 Å². The molecule has 1 aromatic heterocycles. The SMILES string of the molecule is O=C(NCc1cccnc1)c1cccc(CN2C(=O)CSC2=O)c1. The van der Waals surface area contributed by atoms with E-state index < -0.39 is 0 Å². The Morgan fingerprint density at radius 1 is 1.21 bits per heavy atom. The molecule has 2 heterocycles. The van der Waals surface area contributed by atoms with Crippen molar-refractivity contribution in [1.82, 2.24) is 15.2 Å². The van der Waals surface area contributed by atoms with Gasteiger partial charge in [0.05, 0.1) is 12.3 Å². The van der Waals surface area contributed by atoms with Crippen LogP contribution in [0.5, 0.6) is 0 Å². The minimum absolute atomic E-state index is 0.185. The van der Waals surface area contributed by atoms with Crippen molar-refractivity contribution in [3.63, 3.8) is 0 Å². The molecule has 1 saturated heterocycles. The van der Waals surface area contributed by atoms with Crippen molar-refractivity contribution in [3.8, 4) is 0 Å². The van der Waals surface area contributed by atoms with E-state index in [-0.39, 0.29) is 29.4 Å². The van der Waals surface area contributed by atoms with Gasteiger partial charge in [-0.1, -0.05) is 30.0 Å². The van der Waals surface area contributed by atoms with Crippen LogP contribution in [0.1, 0.15) is 21.5 Å². The molecule has 24 heavy (non-hydrogen) atoms. The molecule has 0 saturated carbocycles. The quantitative estimate of drug-likeness (QED) is 0.902. The number of pyridine rings is 1. The smallest absolute Gasteiger partial charge is 0.289 e.